The second-order valence-electron chi connectivity index (χ2n) is 21.0. The van der Waals surface area contributed by atoms with E-state index in [0.717, 1.165) is 23.6 Å². The highest BCUT2D eigenvalue weighted by Crippen LogP contribution is 2.64. The monoisotopic (exact) mass is 1030 g/mol. The van der Waals surface area contributed by atoms with Crippen LogP contribution in [0.3, 0.4) is 0 Å². The number of thioether (sulfide) groups is 1. The predicted octanol–water partition coefficient (Wildman–Crippen LogP) is 4.60. The van der Waals surface area contributed by atoms with Gasteiger partial charge in [0.2, 0.25) is 6.10 Å². The van der Waals surface area contributed by atoms with Crippen LogP contribution in [-0.4, -0.2) is 141 Å². The van der Waals surface area contributed by atoms with Crippen molar-refractivity contribution in [1.82, 2.24) is 10.2 Å². The molecule has 4 unspecified atom stereocenters. The van der Waals surface area contributed by atoms with E-state index < -0.39 is 130 Å². The largest absolute Gasteiger partial charge is 0.455 e. The lowest BCUT2D eigenvalue weighted by atomic mass is 9.44. The van der Waals surface area contributed by atoms with Crippen molar-refractivity contribution in [3.8, 4) is 0 Å². The number of carbonyl (C=O) groups excluding carboxylic acids is 8. The molecule has 394 valence electrons. The van der Waals surface area contributed by atoms with Gasteiger partial charge in [-0.05, 0) is 82.6 Å². The van der Waals surface area contributed by atoms with Crippen molar-refractivity contribution in [2.24, 2.45) is 16.7 Å². The lowest BCUT2D eigenvalue weighted by Gasteiger charge is -2.67. The number of Topliss-reactive ketones (excluding diaryl/α,β-unsaturated/α-hetero) is 1. The summed E-state index contributed by atoms with van der Waals surface area (Å²) < 4.78 is 36.2. The Labute approximate surface area is 427 Å². The number of unbranched alkanes of at least 4 members (excludes halogenated alkanes) is 1. The zero-order chi connectivity index (χ0) is 53.6. The van der Waals surface area contributed by atoms with Gasteiger partial charge in [0, 0.05) is 44.2 Å². The Morgan fingerprint density at radius 2 is 1.59 bits per heavy atom. The number of aliphatic hydroxyl groups excluding tert-OH is 2. The van der Waals surface area contributed by atoms with E-state index in [0.29, 0.717) is 0 Å². The van der Waals surface area contributed by atoms with Gasteiger partial charge in [0.05, 0.1) is 34.5 Å². The molecule has 2 bridgehead atoms. The van der Waals surface area contributed by atoms with E-state index in [1.165, 1.54) is 45.9 Å². The van der Waals surface area contributed by atoms with Crippen LogP contribution in [-0.2, 0) is 57.2 Å². The van der Waals surface area contributed by atoms with Gasteiger partial charge < -0.3 is 49.1 Å². The highest BCUT2D eigenvalue weighted by molar-refractivity contribution is 8.03. The minimum atomic E-state index is -2.46. The van der Waals surface area contributed by atoms with Crippen molar-refractivity contribution in [3.05, 3.63) is 93.9 Å². The second-order valence-corrected chi connectivity index (χ2v) is 21.9. The number of benzene rings is 2. The van der Waals surface area contributed by atoms with Gasteiger partial charge in [-0.2, -0.15) is 0 Å². The Hall–Kier alpha value is -5.93. The summed E-state index contributed by atoms with van der Waals surface area (Å²) >= 11 is 1.14. The molecule has 1 saturated heterocycles. The van der Waals surface area contributed by atoms with Crippen LogP contribution < -0.4 is 5.32 Å². The number of amides is 3. The molecule has 2 aromatic carbocycles. The average Bonchev–Trinajstić information content (AvgIpc) is 3.60. The van der Waals surface area contributed by atoms with Crippen LogP contribution in [0.1, 0.15) is 109 Å². The van der Waals surface area contributed by atoms with E-state index in [-0.39, 0.29) is 66.0 Å². The molecule has 0 radical (unpaired) electrons. The number of ketones is 1. The Morgan fingerprint density at radius 3 is 2.16 bits per heavy atom. The molecule has 11 atom stereocenters. The predicted molar refractivity (Wildman–Crippen MR) is 260 cm³/mol. The number of carbonyl (C=O) groups is 8. The maximum absolute atomic E-state index is 15.3. The smallest absolute Gasteiger partial charge is 0.408 e. The normalized spacial score (nSPS) is 30.2. The number of rotatable bonds is 15. The number of ether oxygens (including phenoxy) is 6. The van der Waals surface area contributed by atoms with Gasteiger partial charge in [0.15, 0.2) is 11.4 Å². The maximum atomic E-state index is 15.3. The van der Waals surface area contributed by atoms with Crippen LogP contribution in [0.4, 0.5) is 4.79 Å². The topological polar surface area (TPSA) is 268 Å². The summed E-state index contributed by atoms with van der Waals surface area (Å²) in [5.41, 5.74) is -8.81. The van der Waals surface area contributed by atoms with Crippen molar-refractivity contribution in [1.29, 1.82) is 0 Å². The van der Waals surface area contributed by atoms with Crippen LogP contribution in [0.15, 0.2) is 82.8 Å². The molecule has 4 N–H and O–H groups in total. The van der Waals surface area contributed by atoms with Gasteiger partial charge in [0.1, 0.15) is 41.7 Å². The summed E-state index contributed by atoms with van der Waals surface area (Å²) in [6.45, 7) is 11.6. The summed E-state index contributed by atoms with van der Waals surface area (Å²) in [4.78, 5) is 112. The molecular weight excluding hydrogens is 969 g/mol. The van der Waals surface area contributed by atoms with Crippen molar-refractivity contribution in [3.63, 3.8) is 0 Å². The van der Waals surface area contributed by atoms with Crippen molar-refractivity contribution >= 4 is 59.3 Å². The minimum Gasteiger partial charge on any atom is -0.455 e. The van der Waals surface area contributed by atoms with Gasteiger partial charge >= 0.3 is 30.0 Å². The first-order valence-electron chi connectivity index (χ1n) is 24.2. The average molecular weight is 1030 g/mol. The van der Waals surface area contributed by atoms with Gasteiger partial charge in [-0.3, -0.25) is 28.9 Å². The van der Waals surface area contributed by atoms with E-state index >= 15 is 9.59 Å². The molecular formula is C53H64N2O17S. The summed E-state index contributed by atoms with van der Waals surface area (Å²) in [6, 6.07) is 14.3. The zero-order valence-electron chi connectivity index (χ0n) is 42.3. The molecule has 0 spiro atoms. The highest BCUT2D eigenvalue weighted by Gasteiger charge is 2.78. The van der Waals surface area contributed by atoms with E-state index in [9.17, 15) is 44.1 Å². The third kappa shape index (κ3) is 10.2. The van der Waals surface area contributed by atoms with Crippen molar-refractivity contribution < 1.29 is 82.1 Å². The summed E-state index contributed by atoms with van der Waals surface area (Å²) in [7, 11) is 0. The van der Waals surface area contributed by atoms with Gasteiger partial charge in [-0.15, -0.1) is 11.8 Å². The fourth-order valence-electron chi connectivity index (χ4n) is 11.2. The first kappa shape index (κ1) is 54.8. The summed E-state index contributed by atoms with van der Waals surface area (Å²) in [6.07, 6.45) is -9.15. The standard InChI is InChI=1S/C53H64N2O17S/c1-28-32(68-47(64)41(39(30-18-12-10-13-19-30)54-48(65)72-49(3,4)5)69-37(59)22-16-17-23-55-36(58)24-33(73-9)45(55)62)26-53(66)44(70-46(63)31-20-14-11-15-21-31)42-51(8,43(61)40(60)38(28)50(53,6)7)34(57)25-35-52(42,27-67-35)71-29(2)56/h10-15,18-21,24,32,34-35,39-42,44,57,60,66H,16-17,22-23,25-27H2,1-9H3,(H,54,65)/t32-,34-,35?,39-,40+,41+,42?,44?,51?,52-,53+/m0/s1. The van der Waals surface area contributed by atoms with Crippen LogP contribution in [0.5, 0.6) is 0 Å². The number of hydrogen-bond donors (Lipinski definition) is 4. The van der Waals surface area contributed by atoms with Crippen LogP contribution in [0, 0.1) is 16.7 Å². The molecule has 20 heteroatoms. The lowest BCUT2D eigenvalue weighted by molar-refractivity contribution is -0.346. The number of esters is 4. The Morgan fingerprint density at radius 1 is 0.945 bits per heavy atom. The molecule has 5 aliphatic rings. The molecule has 73 heavy (non-hydrogen) atoms. The third-order valence-electron chi connectivity index (χ3n) is 15.0. The number of hydrogen-bond acceptors (Lipinski definition) is 18. The number of imide groups is 1. The fraction of sp³-hybridized carbons (Fsp3) is 0.547. The Kier molecular flexibility index (Phi) is 15.6. The first-order chi connectivity index (χ1) is 34.2. The molecule has 3 fully saturated rings. The van der Waals surface area contributed by atoms with Gasteiger partial charge in [0.25, 0.3) is 11.8 Å². The molecule has 2 heterocycles. The van der Waals surface area contributed by atoms with E-state index in [4.69, 9.17) is 28.4 Å². The molecule has 0 aromatic heterocycles. The number of alkyl carbamates (subject to hydrolysis) is 1. The molecule has 2 aromatic rings. The van der Waals surface area contributed by atoms with E-state index in [1.807, 2.05) is 0 Å². The zero-order valence-corrected chi connectivity index (χ0v) is 43.1. The maximum Gasteiger partial charge on any atom is 0.408 e. The molecule has 3 aliphatic carbocycles. The summed E-state index contributed by atoms with van der Waals surface area (Å²) in [5.74, 6) is -7.46. The summed E-state index contributed by atoms with van der Waals surface area (Å²) in [5, 5.41) is 40.9. The van der Waals surface area contributed by atoms with Crippen LogP contribution >= 0.6 is 11.8 Å². The van der Waals surface area contributed by atoms with E-state index in [1.54, 1.807) is 75.6 Å². The Balaban J connectivity index is 1.30. The van der Waals surface area contributed by atoms with Crippen molar-refractivity contribution in [2.75, 3.05) is 19.4 Å². The molecule has 2 aliphatic heterocycles. The van der Waals surface area contributed by atoms with Gasteiger partial charge in [-0.25, -0.2) is 14.4 Å². The minimum absolute atomic E-state index is 0.00333. The quantitative estimate of drug-likeness (QED) is 0.0624. The number of nitrogens with zero attached hydrogens (tertiary/aromatic N) is 1. The van der Waals surface area contributed by atoms with Crippen molar-refractivity contribution in [2.45, 2.75) is 147 Å². The second kappa shape index (κ2) is 20.8. The van der Waals surface area contributed by atoms with Crippen LogP contribution in [0.25, 0.3) is 0 Å². The fourth-order valence-corrected chi connectivity index (χ4v) is 11.7. The third-order valence-corrected chi connectivity index (χ3v) is 15.7. The number of fused-ring (bicyclic) bond motifs is 5. The molecule has 7 rings (SSSR count). The molecule has 3 amide bonds. The van der Waals surface area contributed by atoms with Crippen LogP contribution in [0.2, 0.25) is 0 Å². The molecule has 19 nitrogen and oxygen atoms in total. The number of nitrogens with one attached hydrogen (secondary N) is 1. The first-order valence-corrected chi connectivity index (χ1v) is 25.4. The SMILES string of the molecule is CSC1=CC(=O)N(CCCCC(=O)O[C@@H](C(=O)O[C@H]2C[C@@]3(O)C(OC(=O)c4ccccc4)C4C(C)(C(=O)[C@H](O)C(=C2C)C3(C)C)[C@@H](O)CC2OC[C@]24OC(C)=O)[C@@H](NC(=O)OC(C)(C)C)c2ccccc2)C1=O. The Bertz CT molecular complexity index is 2590. The van der Waals surface area contributed by atoms with E-state index in [2.05, 4.69) is 5.32 Å². The van der Waals surface area contributed by atoms with Gasteiger partial charge in [-0.1, -0.05) is 62.4 Å². The molecule has 2 saturated carbocycles. The highest BCUT2D eigenvalue weighted by atomic mass is 32.2. The number of aliphatic hydroxyl groups is 3. The lowest BCUT2D eigenvalue weighted by Crippen LogP contribution is -2.81.